The summed E-state index contributed by atoms with van der Waals surface area (Å²) in [5.41, 5.74) is 2.94. The molecule has 0 amide bonds. The lowest BCUT2D eigenvalue weighted by Gasteiger charge is -2.10. The van der Waals surface area contributed by atoms with E-state index in [-0.39, 0.29) is 12.2 Å². The first-order valence-corrected chi connectivity index (χ1v) is 8.76. The van der Waals surface area contributed by atoms with Crippen LogP contribution in [0.5, 0.6) is 5.75 Å². The van der Waals surface area contributed by atoms with Gasteiger partial charge >= 0.3 is 11.3 Å². The second-order valence-electron chi connectivity index (χ2n) is 6.48. The topological polar surface area (TPSA) is 69.7 Å². The van der Waals surface area contributed by atoms with E-state index < -0.39 is 5.63 Å². The normalized spacial score (nSPS) is 11.2. The maximum atomic E-state index is 11.8. The summed E-state index contributed by atoms with van der Waals surface area (Å²) in [7, 11) is 0. The monoisotopic (exact) mass is 362 g/mol. The van der Waals surface area contributed by atoms with Gasteiger partial charge in [-0.15, -0.1) is 0 Å². The Morgan fingerprint density at radius 1 is 0.815 bits per heavy atom. The minimum Gasteiger partial charge on any atom is -0.489 e. The Morgan fingerprint density at radius 3 is 2.19 bits per heavy atom. The fourth-order valence-corrected chi connectivity index (χ4v) is 3.21. The molecule has 0 aliphatic carbocycles. The lowest BCUT2D eigenvalue weighted by molar-refractivity contribution is 0.306. The van der Waals surface area contributed by atoms with Crippen LogP contribution in [0.4, 0.5) is 0 Å². The molecular formula is C22H18O5. The highest BCUT2D eigenvalue weighted by Crippen LogP contribution is 2.25. The number of hydrogen-bond donors (Lipinski definition) is 0. The van der Waals surface area contributed by atoms with E-state index in [1.54, 1.807) is 6.07 Å². The first-order valence-electron chi connectivity index (χ1n) is 8.76. The lowest BCUT2D eigenvalue weighted by Crippen LogP contribution is -2.04. The van der Waals surface area contributed by atoms with Crippen molar-refractivity contribution in [1.82, 2.24) is 0 Å². The van der Waals surface area contributed by atoms with Crippen molar-refractivity contribution in [1.29, 1.82) is 0 Å². The number of fused-ring (bicyclic) bond motifs is 2. The first kappa shape index (κ1) is 17.1. The molecule has 4 aromatic rings. The Balaban J connectivity index is 1.69. The second-order valence-corrected chi connectivity index (χ2v) is 6.48. The standard InChI is InChI=1S/C22H18O5/c1-3-14-9-21(23)27-20-11-16(5-7-17(14)20)25-12-15-10-22(24)26-19-8-13(2)4-6-18(15)19/h4-11H,3,12H2,1-2H3. The van der Waals surface area contributed by atoms with Crippen LogP contribution in [0, 0.1) is 6.92 Å². The molecule has 2 aromatic heterocycles. The Kier molecular flexibility index (Phi) is 4.28. The molecule has 27 heavy (non-hydrogen) atoms. The lowest BCUT2D eigenvalue weighted by atomic mass is 10.1. The molecule has 4 rings (SSSR count). The van der Waals surface area contributed by atoms with Crippen LogP contribution < -0.4 is 16.0 Å². The highest BCUT2D eigenvalue weighted by Gasteiger charge is 2.09. The summed E-state index contributed by atoms with van der Waals surface area (Å²) in [6.45, 7) is 4.14. The molecule has 136 valence electrons. The van der Waals surface area contributed by atoms with E-state index in [2.05, 4.69) is 0 Å². The van der Waals surface area contributed by atoms with Crippen LogP contribution in [0.25, 0.3) is 21.9 Å². The summed E-state index contributed by atoms with van der Waals surface area (Å²) in [6.07, 6.45) is 0.744. The third-order valence-corrected chi connectivity index (χ3v) is 4.56. The number of ether oxygens (including phenoxy) is 1. The number of hydrogen-bond acceptors (Lipinski definition) is 5. The molecule has 0 bridgehead atoms. The third kappa shape index (κ3) is 3.36. The van der Waals surface area contributed by atoms with E-state index in [0.29, 0.717) is 16.9 Å². The molecule has 0 spiro atoms. The van der Waals surface area contributed by atoms with Gasteiger partial charge in [-0.2, -0.15) is 0 Å². The quantitative estimate of drug-likeness (QED) is 0.505. The highest BCUT2D eigenvalue weighted by molar-refractivity contribution is 5.82. The molecule has 2 aromatic carbocycles. The molecule has 5 heteroatoms. The summed E-state index contributed by atoms with van der Waals surface area (Å²) in [5, 5.41) is 1.73. The first-order chi connectivity index (χ1) is 13.0. The van der Waals surface area contributed by atoms with Crippen molar-refractivity contribution in [2.75, 3.05) is 0 Å². The summed E-state index contributed by atoms with van der Waals surface area (Å²) >= 11 is 0. The summed E-state index contributed by atoms with van der Waals surface area (Å²) < 4.78 is 16.4. The van der Waals surface area contributed by atoms with Gasteiger partial charge in [-0.25, -0.2) is 9.59 Å². The van der Waals surface area contributed by atoms with Crippen molar-refractivity contribution in [2.45, 2.75) is 26.9 Å². The maximum absolute atomic E-state index is 11.8. The molecule has 0 saturated carbocycles. The van der Waals surface area contributed by atoms with Crippen molar-refractivity contribution in [3.05, 3.63) is 86.1 Å². The number of aryl methyl sites for hydroxylation is 2. The predicted molar refractivity (Wildman–Crippen MR) is 103 cm³/mol. The van der Waals surface area contributed by atoms with Crippen LogP contribution in [0.3, 0.4) is 0 Å². The van der Waals surface area contributed by atoms with Gasteiger partial charge in [0.15, 0.2) is 0 Å². The van der Waals surface area contributed by atoms with Gasteiger partial charge in [0.2, 0.25) is 0 Å². The van der Waals surface area contributed by atoms with Crippen molar-refractivity contribution in [3.8, 4) is 5.75 Å². The van der Waals surface area contributed by atoms with E-state index in [1.807, 2.05) is 44.2 Å². The van der Waals surface area contributed by atoms with E-state index in [4.69, 9.17) is 13.6 Å². The zero-order valence-electron chi connectivity index (χ0n) is 15.1. The Morgan fingerprint density at radius 2 is 1.44 bits per heavy atom. The Bertz CT molecular complexity index is 1260. The van der Waals surface area contributed by atoms with Gasteiger partial charge in [0.05, 0.1) is 0 Å². The Labute approximate surface area is 154 Å². The van der Waals surface area contributed by atoms with Gasteiger partial charge in [0.1, 0.15) is 23.5 Å². The molecule has 0 fully saturated rings. The van der Waals surface area contributed by atoms with Crippen LogP contribution in [-0.2, 0) is 13.0 Å². The van der Waals surface area contributed by atoms with Gasteiger partial charge < -0.3 is 13.6 Å². The van der Waals surface area contributed by atoms with Crippen molar-refractivity contribution < 1.29 is 13.6 Å². The molecule has 0 aliphatic heterocycles. The van der Waals surface area contributed by atoms with Crippen LogP contribution in [0.1, 0.15) is 23.6 Å². The van der Waals surface area contributed by atoms with Crippen molar-refractivity contribution in [3.63, 3.8) is 0 Å². The van der Waals surface area contributed by atoms with Crippen LogP contribution >= 0.6 is 0 Å². The molecule has 0 aliphatic rings. The highest BCUT2D eigenvalue weighted by atomic mass is 16.5. The van der Waals surface area contributed by atoms with Gasteiger partial charge in [0, 0.05) is 34.5 Å². The van der Waals surface area contributed by atoms with Crippen LogP contribution in [0.15, 0.2) is 67.0 Å². The SMILES string of the molecule is CCc1cc(=O)oc2cc(OCc3cc(=O)oc4cc(C)ccc34)ccc12. The largest absolute Gasteiger partial charge is 0.489 e. The molecule has 5 nitrogen and oxygen atoms in total. The fourth-order valence-electron chi connectivity index (χ4n) is 3.21. The van der Waals surface area contributed by atoms with E-state index in [0.717, 1.165) is 33.9 Å². The third-order valence-electron chi connectivity index (χ3n) is 4.56. The molecular weight excluding hydrogens is 344 g/mol. The minimum absolute atomic E-state index is 0.203. The average Bonchev–Trinajstić information content (AvgIpc) is 2.64. The van der Waals surface area contributed by atoms with Gasteiger partial charge in [-0.3, -0.25) is 0 Å². The number of benzene rings is 2. The molecule has 0 N–H and O–H groups in total. The Hall–Kier alpha value is -3.34. The smallest absolute Gasteiger partial charge is 0.336 e. The zero-order chi connectivity index (χ0) is 19.0. The molecule has 0 atom stereocenters. The predicted octanol–water partition coefficient (Wildman–Crippen LogP) is 4.35. The van der Waals surface area contributed by atoms with Gasteiger partial charge in [-0.05, 0) is 42.7 Å². The molecule has 0 unspecified atom stereocenters. The summed E-state index contributed by atoms with van der Waals surface area (Å²) in [5.74, 6) is 0.562. The van der Waals surface area contributed by atoms with Gasteiger partial charge in [0.25, 0.3) is 0 Å². The number of rotatable bonds is 4. The van der Waals surface area contributed by atoms with Crippen LogP contribution in [0.2, 0.25) is 0 Å². The molecule has 2 heterocycles. The molecule has 0 radical (unpaired) electrons. The zero-order valence-corrected chi connectivity index (χ0v) is 15.1. The van der Waals surface area contributed by atoms with Crippen molar-refractivity contribution >= 4 is 21.9 Å². The van der Waals surface area contributed by atoms with Gasteiger partial charge in [-0.1, -0.05) is 19.1 Å². The average molecular weight is 362 g/mol. The van der Waals surface area contributed by atoms with E-state index in [9.17, 15) is 9.59 Å². The minimum atomic E-state index is -0.413. The van der Waals surface area contributed by atoms with E-state index >= 15 is 0 Å². The maximum Gasteiger partial charge on any atom is 0.336 e. The summed E-state index contributed by atoms with van der Waals surface area (Å²) in [4.78, 5) is 23.6. The summed E-state index contributed by atoms with van der Waals surface area (Å²) in [6, 6.07) is 14.1. The fraction of sp³-hybridized carbons (Fsp3) is 0.182. The molecule has 0 saturated heterocycles. The van der Waals surface area contributed by atoms with Crippen LogP contribution in [-0.4, -0.2) is 0 Å². The second kappa shape index (κ2) is 6.76. The van der Waals surface area contributed by atoms with Crippen molar-refractivity contribution in [2.24, 2.45) is 0 Å². The van der Waals surface area contributed by atoms with E-state index in [1.165, 1.54) is 12.1 Å².